The number of fused-ring (bicyclic) bond motifs is 1. The van der Waals surface area contributed by atoms with E-state index >= 15 is 4.39 Å². The second kappa shape index (κ2) is 23.4. The molecule has 3 aromatic heterocycles. The Kier molecular flexibility index (Phi) is 17.2. The summed E-state index contributed by atoms with van der Waals surface area (Å²) >= 11 is 1.65. The lowest BCUT2D eigenvalue weighted by Crippen LogP contribution is -2.52. The summed E-state index contributed by atoms with van der Waals surface area (Å²) in [5.74, 6) is 0.805. The molecule has 66 heavy (non-hydrogen) atoms. The third-order valence-electron chi connectivity index (χ3n) is 12.4. The number of nitrogens with two attached hydrogens (primary N) is 1. The molecule has 0 radical (unpaired) electrons. The van der Waals surface area contributed by atoms with Gasteiger partial charge in [-0.25, -0.2) is 4.39 Å². The van der Waals surface area contributed by atoms with E-state index in [1.54, 1.807) is 53.2 Å². The number of carbonyl (C=O) groups excluding carboxylic acids is 3. The van der Waals surface area contributed by atoms with Crippen LogP contribution < -0.4 is 25.5 Å². The van der Waals surface area contributed by atoms with Crippen LogP contribution >= 0.6 is 11.3 Å². The molecule has 17 heteroatoms. The van der Waals surface area contributed by atoms with E-state index in [1.165, 1.54) is 0 Å². The Labute approximate surface area is 389 Å². The highest BCUT2D eigenvalue weighted by molar-refractivity contribution is 7.07. The number of benzene rings is 1. The number of likely N-dealkylation sites (tertiary alicyclic amines) is 1. The molecule has 1 aliphatic carbocycles. The number of nitrogens with zero attached hydrogens (tertiary/aromatic N) is 5. The molecule has 0 unspecified atom stereocenters. The van der Waals surface area contributed by atoms with Crippen LogP contribution in [0.3, 0.4) is 0 Å². The molecule has 4 aromatic rings. The number of ether oxygens (including phenoxy) is 4. The van der Waals surface area contributed by atoms with E-state index in [1.807, 2.05) is 41.2 Å². The molecule has 0 spiro atoms. The monoisotopic (exact) mass is 929 g/mol. The number of hydrogen-bond donors (Lipinski definition) is 2. The van der Waals surface area contributed by atoms with Crippen LogP contribution in [-0.4, -0.2) is 127 Å². The number of nitrogens with one attached hydrogen (secondary N) is 1. The van der Waals surface area contributed by atoms with Gasteiger partial charge in [-0.15, -0.1) is 11.3 Å². The van der Waals surface area contributed by atoms with Crippen molar-refractivity contribution in [2.24, 2.45) is 5.73 Å². The fraction of sp³-hybridized carbons (Fsp3) is 0.510. The van der Waals surface area contributed by atoms with Crippen LogP contribution in [0.25, 0.3) is 23.2 Å². The lowest BCUT2D eigenvalue weighted by atomic mass is 9.92. The topological polar surface area (TPSA) is 167 Å². The van der Waals surface area contributed by atoms with Crippen LogP contribution in [0.15, 0.2) is 63.7 Å². The van der Waals surface area contributed by atoms with Gasteiger partial charge in [-0.05, 0) is 111 Å². The SMILES string of the molecule is C=c1ccs/c1=C(/C=C\C)OC1CCN(Cc2cc(OCCOCCOCCn3c(C)c(F)c4cc(C(=O)N5CCN(C(=O)C(NC(=O)[C@H](C)N)=C6CCCCC6)CC5)ccc43)no2)CC1. The first-order valence-corrected chi connectivity index (χ1v) is 24.1. The molecule has 356 valence electrons. The van der Waals surface area contributed by atoms with E-state index in [9.17, 15) is 14.4 Å². The summed E-state index contributed by atoms with van der Waals surface area (Å²) in [6.07, 6.45) is 10.5. The minimum atomic E-state index is -0.747. The zero-order chi connectivity index (χ0) is 46.6. The quantitative estimate of drug-likeness (QED) is 0.0961. The number of carbonyl (C=O) groups is 3. The number of amides is 3. The summed E-state index contributed by atoms with van der Waals surface area (Å²) in [5.41, 5.74) is 8.60. The first-order chi connectivity index (χ1) is 32.0. The second-order valence-electron chi connectivity index (χ2n) is 17.1. The smallest absolute Gasteiger partial charge is 0.270 e. The number of aromatic nitrogens is 2. The standard InChI is InChI=1S/C49H64FN7O8S/c1-5-9-42(46-33(2)16-29-66-46)64-38-14-17-54(18-15-38)32-39-31-43(53-65-39)63-28-27-62-26-25-61-24-23-57-35(4)44(50)40-30-37(12-13-41(40)57)48(59)55-19-21-56(22-20-55)49(60)45(52-47(58)34(3)51)36-10-7-6-8-11-36/h5,9,12-13,16,29-31,34,38H,2,6-8,10-11,14-15,17-28,32,51H2,1,3-4H3,(H,52,58)/b9-5-,46-42-/t34-/m0/s1. The van der Waals surface area contributed by atoms with Gasteiger partial charge in [-0.3, -0.25) is 19.3 Å². The van der Waals surface area contributed by atoms with Gasteiger partial charge in [0.2, 0.25) is 5.91 Å². The van der Waals surface area contributed by atoms with Crippen molar-refractivity contribution in [3.63, 3.8) is 0 Å². The van der Waals surface area contributed by atoms with Gasteiger partial charge in [-0.2, -0.15) is 0 Å². The zero-order valence-corrected chi connectivity index (χ0v) is 39.3. The van der Waals surface area contributed by atoms with Gasteiger partial charge in [0.25, 0.3) is 17.7 Å². The Morgan fingerprint density at radius 1 is 0.985 bits per heavy atom. The highest BCUT2D eigenvalue weighted by Crippen LogP contribution is 2.28. The minimum absolute atomic E-state index is 0.145. The van der Waals surface area contributed by atoms with Gasteiger partial charge in [0.1, 0.15) is 24.2 Å². The van der Waals surface area contributed by atoms with E-state index in [0.717, 1.165) is 84.9 Å². The molecule has 5 heterocycles. The molecule has 1 atom stereocenters. The largest absolute Gasteiger partial charge is 0.489 e. The molecule has 1 saturated carbocycles. The average Bonchev–Trinajstić information content (AvgIpc) is 4.04. The number of rotatable bonds is 19. The number of hydrogen-bond acceptors (Lipinski definition) is 12. The lowest BCUT2D eigenvalue weighted by molar-refractivity contribution is -0.131. The van der Waals surface area contributed by atoms with E-state index < -0.39 is 11.9 Å². The molecule has 2 saturated heterocycles. The summed E-state index contributed by atoms with van der Waals surface area (Å²) in [6, 6.07) is 8.18. The van der Waals surface area contributed by atoms with Crippen LogP contribution in [-0.2, 0) is 36.9 Å². The van der Waals surface area contributed by atoms with Gasteiger partial charge < -0.3 is 48.9 Å². The van der Waals surface area contributed by atoms with Crippen molar-refractivity contribution in [3.8, 4) is 5.88 Å². The fourth-order valence-corrected chi connectivity index (χ4v) is 9.47. The summed E-state index contributed by atoms with van der Waals surface area (Å²) < 4.78 is 47.7. The van der Waals surface area contributed by atoms with Crippen molar-refractivity contribution < 1.29 is 42.2 Å². The van der Waals surface area contributed by atoms with Crippen molar-refractivity contribution >= 4 is 52.3 Å². The highest BCUT2D eigenvalue weighted by atomic mass is 32.1. The average molecular weight is 930 g/mol. The summed E-state index contributed by atoms with van der Waals surface area (Å²) in [4.78, 5) is 45.5. The van der Waals surface area contributed by atoms with Crippen LogP contribution in [0.5, 0.6) is 5.88 Å². The molecule has 15 nitrogen and oxygen atoms in total. The molecular weight excluding hydrogens is 866 g/mol. The molecule has 3 aliphatic rings. The Bertz CT molecular complexity index is 2470. The Balaban J connectivity index is 0.789. The Morgan fingerprint density at radius 2 is 1.70 bits per heavy atom. The molecule has 3 fully saturated rings. The van der Waals surface area contributed by atoms with E-state index in [0.29, 0.717) is 106 Å². The number of piperidine rings is 1. The van der Waals surface area contributed by atoms with Crippen molar-refractivity contribution in [3.05, 3.63) is 91.7 Å². The van der Waals surface area contributed by atoms with Crippen molar-refractivity contribution in [2.45, 2.75) is 91.0 Å². The van der Waals surface area contributed by atoms with E-state index in [2.05, 4.69) is 22.0 Å². The van der Waals surface area contributed by atoms with Gasteiger partial charge >= 0.3 is 0 Å². The number of thiophene rings is 1. The van der Waals surface area contributed by atoms with Crippen LogP contribution in [0.1, 0.15) is 80.6 Å². The summed E-state index contributed by atoms with van der Waals surface area (Å²) in [5, 5.41) is 10.3. The molecule has 1 aromatic carbocycles. The fourth-order valence-electron chi connectivity index (χ4n) is 8.65. The zero-order valence-electron chi connectivity index (χ0n) is 38.5. The molecule has 3 amide bonds. The molecule has 2 aliphatic heterocycles. The molecular formula is C49H64FN7O8S. The van der Waals surface area contributed by atoms with Crippen molar-refractivity contribution in [1.29, 1.82) is 0 Å². The van der Waals surface area contributed by atoms with Crippen molar-refractivity contribution in [1.82, 2.24) is 29.7 Å². The van der Waals surface area contributed by atoms with E-state index in [-0.39, 0.29) is 23.7 Å². The number of halogens is 1. The van der Waals surface area contributed by atoms with Gasteiger partial charge in [0.05, 0.1) is 54.8 Å². The molecule has 7 rings (SSSR count). The number of allylic oxidation sites excluding steroid dienone is 2. The van der Waals surface area contributed by atoms with Crippen LogP contribution in [0, 0.1) is 12.7 Å². The normalized spacial score (nSPS) is 17.4. The Morgan fingerprint density at radius 3 is 2.39 bits per heavy atom. The summed E-state index contributed by atoms with van der Waals surface area (Å²) in [6.45, 7) is 15.2. The van der Waals surface area contributed by atoms with Crippen LogP contribution in [0.4, 0.5) is 4.39 Å². The predicted octanol–water partition coefficient (Wildman–Crippen LogP) is 4.99. The molecule has 0 bridgehead atoms. The summed E-state index contributed by atoms with van der Waals surface area (Å²) in [7, 11) is 0. The van der Waals surface area contributed by atoms with Gasteiger partial charge in [-0.1, -0.05) is 19.1 Å². The maximum absolute atomic E-state index is 15.6. The maximum Gasteiger partial charge on any atom is 0.270 e. The molecule has 3 N–H and O–H groups in total. The first-order valence-electron chi connectivity index (χ1n) is 23.2. The lowest BCUT2D eigenvalue weighted by Gasteiger charge is -2.36. The van der Waals surface area contributed by atoms with Crippen LogP contribution in [0.2, 0.25) is 0 Å². The predicted molar refractivity (Wildman–Crippen MR) is 251 cm³/mol. The van der Waals surface area contributed by atoms with E-state index in [4.69, 9.17) is 29.2 Å². The third-order valence-corrected chi connectivity index (χ3v) is 13.3. The second-order valence-corrected chi connectivity index (χ2v) is 18.0. The number of piperazine rings is 1. The van der Waals surface area contributed by atoms with Gasteiger partial charge in [0, 0.05) is 62.8 Å². The Hall–Kier alpha value is -5.33. The first kappa shape index (κ1) is 48.6. The minimum Gasteiger partial charge on any atom is -0.489 e. The highest BCUT2D eigenvalue weighted by Gasteiger charge is 2.30. The van der Waals surface area contributed by atoms with Gasteiger partial charge in [0.15, 0.2) is 11.6 Å². The third kappa shape index (κ3) is 12.4. The maximum atomic E-state index is 15.6. The van der Waals surface area contributed by atoms with Crippen molar-refractivity contribution in [2.75, 3.05) is 72.3 Å².